The van der Waals surface area contributed by atoms with E-state index < -0.39 is 0 Å². The van der Waals surface area contributed by atoms with Crippen LogP contribution in [0.2, 0.25) is 0 Å². The van der Waals surface area contributed by atoms with Gasteiger partial charge in [0.2, 0.25) is 0 Å². The van der Waals surface area contributed by atoms with Gasteiger partial charge in [-0.2, -0.15) is 0 Å². The Balaban J connectivity index is 3.83. The first-order valence-electron chi connectivity index (χ1n) is 5.06. The van der Waals surface area contributed by atoms with Crippen molar-refractivity contribution in [2.75, 3.05) is 26.7 Å². The first-order valence-corrected chi connectivity index (χ1v) is 5.06. The minimum atomic E-state index is 0.379. The van der Waals surface area contributed by atoms with E-state index in [1.165, 1.54) is 0 Å². The van der Waals surface area contributed by atoms with Crippen molar-refractivity contribution in [1.82, 2.24) is 10.2 Å². The van der Waals surface area contributed by atoms with E-state index in [1.54, 1.807) is 0 Å². The van der Waals surface area contributed by atoms with Crippen molar-refractivity contribution in [3.05, 3.63) is 0 Å². The van der Waals surface area contributed by atoms with Gasteiger partial charge in [-0.15, -0.1) is 0 Å². The maximum Gasteiger partial charge on any atom is 0.0935 e. The van der Waals surface area contributed by atoms with E-state index in [2.05, 4.69) is 43.0 Å². The number of nitrogens with one attached hydrogen (secondary N) is 1. The number of nitrogens with zero attached hydrogens (tertiary/aromatic N) is 2. The largest absolute Gasteiger partial charge is 0.374 e. The lowest BCUT2D eigenvalue weighted by atomic mass is 10.3. The lowest BCUT2D eigenvalue weighted by molar-refractivity contribution is 0.334. The molecular weight excluding hydrogens is 162 g/mol. The third-order valence-corrected chi connectivity index (χ3v) is 1.96. The Kier molecular flexibility index (Phi) is 6.59. The van der Waals surface area contributed by atoms with Crippen LogP contribution in [0.4, 0.5) is 0 Å². The normalized spacial score (nSPS) is 14.8. The molecule has 1 unspecified atom stereocenters. The number of likely N-dealkylation sites (N-methyl/N-ethyl adjacent to an activating group) is 1. The summed E-state index contributed by atoms with van der Waals surface area (Å²) in [7, 11) is 2.12. The molecule has 0 aliphatic rings. The molecule has 78 valence electrons. The average Bonchev–Trinajstić information content (AvgIpc) is 2.04. The SMILES string of the molecule is CCN/C(C)=N/C(C)CN(C)CC. The van der Waals surface area contributed by atoms with Crippen LogP contribution in [0.3, 0.4) is 0 Å². The highest BCUT2D eigenvalue weighted by Crippen LogP contribution is 1.93. The van der Waals surface area contributed by atoms with Gasteiger partial charge in [0, 0.05) is 13.1 Å². The van der Waals surface area contributed by atoms with Gasteiger partial charge >= 0.3 is 0 Å². The van der Waals surface area contributed by atoms with Gasteiger partial charge in [0.15, 0.2) is 0 Å². The maximum absolute atomic E-state index is 4.52. The quantitative estimate of drug-likeness (QED) is 0.517. The minimum absolute atomic E-state index is 0.379. The van der Waals surface area contributed by atoms with E-state index in [9.17, 15) is 0 Å². The molecule has 0 bridgehead atoms. The molecule has 0 spiro atoms. The summed E-state index contributed by atoms with van der Waals surface area (Å²) in [6.07, 6.45) is 0. The van der Waals surface area contributed by atoms with Crippen LogP contribution < -0.4 is 5.32 Å². The smallest absolute Gasteiger partial charge is 0.0935 e. The van der Waals surface area contributed by atoms with Crippen LogP contribution in [0.5, 0.6) is 0 Å². The molecule has 0 amide bonds. The van der Waals surface area contributed by atoms with Crippen molar-refractivity contribution in [2.24, 2.45) is 4.99 Å². The molecule has 0 radical (unpaired) electrons. The fourth-order valence-electron chi connectivity index (χ4n) is 1.25. The van der Waals surface area contributed by atoms with E-state index in [4.69, 9.17) is 0 Å². The third-order valence-electron chi connectivity index (χ3n) is 1.96. The Morgan fingerprint density at radius 3 is 2.54 bits per heavy atom. The van der Waals surface area contributed by atoms with Gasteiger partial charge in [-0.25, -0.2) is 0 Å². The summed E-state index contributed by atoms with van der Waals surface area (Å²) in [5.74, 6) is 1.04. The summed E-state index contributed by atoms with van der Waals surface area (Å²) in [6.45, 7) is 11.5. The Bertz CT molecular complexity index is 154. The van der Waals surface area contributed by atoms with E-state index >= 15 is 0 Å². The monoisotopic (exact) mass is 185 g/mol. The molecule has 0 aliphatic carbocycles. The zero-order valence-electron chi connectivity index (χ0n) is 9.59. The highest BCUT2D eigenvalue weighted by molar-refractivity contribution is 5.79. The second-order valence-electron chi connectivity index (χ2n) is 3.45. The molecule has 0 saturated carbocycles. The molecule has 0 aromatic heterocycles. The molecule has 0 saturated heterocycles. The summed E-state index contributed by atoms with van der Waals surface area (Å²) >= 11 is 0. The molecule has 0 aromatic carbocycles. The van der Waals surface area contributed by atoms with Gasteiger partial charge in [-0.05, 0) is 34.4 Å². The number of aliphatic imine (C=N–C) groups is 1. The Morgan fingerprint density at radius 1 is 1.46 bits per heavy atom. The van der Waals surface area contributed by atoms with Crippen LogP contribution in [0.1, 0.15) is 27.7 Å². The van der Waals surface area contributed by atoms with E-state index in [0.29, 0.717) is 6.04 Å². The summed E-state index contributed by atoms with van der Waals surface area (Å²) in [4.78, 5) is 6.79. The molecule has 1 N–H and O–H groups in total. The van der Waals surface area contributed by atoms with E-state index in [0.717, 1.165) is 25.5 Å². The zero-order chi connectivity index (χ0) is 10.3. The summed E-state index contributed by atoms with van der Waals surface area (Å²) < 4.78 is 0. The Hall–Kier alpha value is -0.570. The maximum atomic E-state index is 4.52. The third kappa shape index (κ3) is 6.58. The van der Waals surface area contributed by atoms with Crippen LogP contribution in [-0.2, 0) is 0 Å². The van der Waals surface area contributed by atoms with Gasteiger partial charge < -0.3 is 10.2 Å². The van der Waals surface area contributed by atoms with Crippen LogP contribution in [-0.4, -0.2) is 43.5 Å². The van der Waals surface area contributed by atoms with E-state index in [1.807, 2.05) is 6.92 Å². The van der Waals surface area contributed by atoms with Crippen LogP contribution in [0.15, 0.2) is 4.99 Å². The van der Waals surface area contributed by atoms with Crippen molar-refractivity contribution in [3.63, 3.8) is 0 Å². The molecule has 0 rings (SSSR count). The molecule has 0 aromatic rings. The van der Waals surface area contributed by atoms with Crippen LogP contribution in [0.25, 0.3) is 0 Å². The summed E-state index contributed by atoms with van der Waals surface area (Å²) in [5, 5.41) is 3.20. The number of rotatable bonds is 5. The Morgan fingerprint density at radius 2 is 2.08 bits per heavy atom. The fraction of sp³-hybridized carbons (Fsp3) is 0.900. The molecule has 0 aliphatic heterocycles. The van der Waals surface area contributed by atoms with Gasteiger partial charge in [-0.1, -0.05) is 6.92 Å². The highest BCUT2D eigenvalue weighted by Gasteiger charge is 2.02. The predicted octanol–water partition coefficient (Wildman–Crippen LogP) is 1.35. The van der Waals surface area contributed by atoms with Crippen molar-refractivity contribution in [1.29, 1.82) is 0 Å². The summed E-state index contributed by atoms with van der Waals surface area (Å²) in [5.41, 5.74) is 0. The molecule has 0 heterocycles. The topological polar surface area (TPSA) is 27.6 Å². The standard InChI is InChI=1S/C10H23N3/c1-6-11-10(4)12-9(3)8-13(5)7-2/h9H,6-8H2,1-5H3,(H,11,12). The average molecular weight is 185 g/mol. The van der Waals surface area contributed by atoms with Gasteiger partial charge in [0.05, 0.1) is 11.9 Å². The number of amidine groups is 1. The number of hydrogen-bond donors (Lipinski definition) is 1. The lowest BCUT2D eigenvalue weighted by Crippen LogP contribution is -2.28. The van der Waals surface area contributed by atoms with E-state index in [-0.39, 0.29) is 0 Å². The molecule has 1 atom stereocenters. The molecule has 3 heteroatoms. The van der Waals surface area contributed by atoms with Gasteiger partial charge in [0.1, 0.15) is 0 Å². The molecule has 13 heavy (non-hydrogen) atoms. The van der Waals surface area contributed by atoms with Crippen LogP contribution >= 0.6 is 0 Å². The molecular formula is C10H23N3. The zero-order valence-corrected chi connectivity index (χ0v) is 9.59. The van der Waals surface area contributed by atoms with Gasteiger partial charge in [0.25, 0.3) is 0 Å². The summed E-state index contributed by atoms with van der Waals surface area (Å²) in [6, 6.07) is 0.379. The molecule has 3 nitrogen and oxygen atoms in total. The van der Waals surface area contributed by atoms with Gasteiger partial charge in [-0.3, -0.25) is 4.99 Å². The van der Waals surface area contributed by atoms with Crippen molar-refractivity contribution >= 4 is 5.84 Å². The van der Waals surface area contributed by atoms with Crippen molar-refractivity contribution < 1.29 is 0 Å². The first-order chi connectivity index (χ1) is 6.10. The second-order valence-corrected chi connectivity index (χ2v) is 3.45. The van der Waals surface area contributed by atoms with Crippen molar-refractivity contribution in [2.45, 2.75) is 33.7 Å². The van der Waals surface area contributed by atoms with Crippen LogP contribution in [0, 0.1) is 0 Å². The number of hydrogen-bond acceptors (Lipinski definition) is 2. The lowest BCUT2D eigenvalue weighted by Gasteiger charge is -2.17. The highest BCUT2D eigenvalue weighted by atomic mass is 15.1. The van der Waals surface area contributed by atoms with Crippen molar-refractivity contribution in [3.8, 4) is 0 Å². The second kappa shape index (κ2) is 6.89. The minimum Gasteiger partial charge on any atom is -0.374 e. The first kappa shape index (κ1) is 12.4. The predicted molar refractivity (Wildman–Crippen MR) is 59.4 cm³/mol. The fourth-order valence-corrected chi connectivity index (χ4v) is 1.25. The Labute approximate surface area is 82.2 Å². The molecule has 0 fully saturated rings.